The fourth-order valence-electron chi connectivity index (χ4n) is 5.75. The number of methoxy groups -OCH3 is 2. The van der Waals surface area contributed by atoms with Gasteiger partial charge in [0.25, 0.3) is 11.8 Å². The summed E-state index contributed by atoms with van der Waals surface area (Å²) in [5.74, 6) is -1.43. The number of anilines is 2. The van der Waals surface area contributed by atoms with Crippen molar-refractivity contribution in [1.29, 1.82) is 0 Å². The molecule has 2 amide bonds. The van der Waals surface area contributed by atoms with Gasteiger partial charge in [0.1, 0.15) is 5.58 Å². The third-order valence-electron chi connectivity index (χ3n) is 8.34. The smallest absolute Gasteiger partial charge is 0.335 e. The Labute approximate surface area is 275 Å². The molecule has 1 aliphatic rings. The summed E-state index contributed by atoms with van der Waals surface area (Å²) in [6, 6.07) is 22.9. The van der Waals surface area contributed by atoms with Crippen LogP contribution in [0.3, 0.4) is 0 Å². The summed E-state index contributed by atoms with van der Waals surface area (Å²) in [5.41, 5.74) is 3.77. The van der Waals surface area contributed by atoms with Crippen molar-refractivity contribution in [1.82, 2.24) is 4.90 Å². The number of carbonyl (C=O) groups excluding carboxylic acids is 2. The van der Waals surface area contributed by atoms with Crippen LogP contribution in [0, 0.1) is 0 Å². The average Bonchev–Trinajstić information content (AvgIpc) is 3.10. The first-order chi connectivity index (χ1) is 23.2. The van der Waals surface area contributed by atoms with Crippen molar-refractivity contribution in [2.24, 2.45) is 0 Å². The number of hydrogen-bond acceptors (Lipinski definition) is 8. The first kappa shape index (κ1) is 32.0. The highest BCUT2D eigenvalue weighted by Crippen LogP contribution is 2.33. The fourth-order valence-corrected chi connectivity index (χ4v) is 5.75. The Morgan fingerprint density at radius 3 is 2.31 bits per heavy atom. The van der Waals surface area contributed by atoms with Crippen LogP contribution in [0.15, 0.2) is 94.1 Å². The summed E-state index contributed by atoms with van der Waals surface area (Å²) in [4.78, 5) is 53.1. The zero-order chi connectivity index (χ0) is 33.8. The Balaban J connectivity index is 1.12. The number of para-hydroxylation sites is 1. The van der Waals surface area contributed by atoms with E-state index in [1.165, 1.54) is 29.3 Å². The lowest BCUT2D eigenvalue weighted by atomic mass is 9.98. The molecule has 244 valence electrons. The number of fused-ring (bicyclic) bond motifs is 2. The van der Waals surface area contributed by atoms with Gasteiger partial charge in [-0.25, -0.2) is 4.79 Å². The van der Waals surface area contributed by atoms with Crippen molar-refractivity contribution in [3.8, 4) is 11.5 Å². The lowest BCUT2D eigenvalue weighted by Gasteiger charge is -2.29. The molecule has 0 unspecified atom stereocenters. The number of carboxylic acid groups (broad SMARTS) is 1. The minimum absolute atomic E-state index is 0.0280. The number of nitrogens with one attached hydrogen (secondary N) is 2. The van der Waals surface area contributed by atoms with Crippen LogP contribution < -0.4 is 25.5 Å². The highest BCUT2D eigenvalue weighted by atomic mass is 16.5. The van der Waals surface area contributed by atoms with E-state index in [2.05, 4.69) is 21.6 Å². The van der Waals surface area contributed by atoms with Gasteiger partial charge in [-0.2, -0.15) is 0 Å². The average molecular weight is 648 g/mol. The van der Waals surface area contributed by atoms with Gasteiger partial charge in [-0.3, -0.25) is 19.3 Å². The number of ether oxygens (including phenoxy) is 2. The molecule has 0 fully saturated rings. The van der Waals surface area contributed by atoms with Crippen LogP contribution in [-0.2, 0) is 19.4 Å². The van der Waals surface area contributed by atoms with E-state index in [1.54, 1.807) is 50.6 Å². The molecular weight excluding hydrogens is 614 g/mol. The van der Waals surface area contributed by atoms with Gasteiger partial charge in [-0.05, 0) is 84.1 Å². The molecule has 0 saturated carbocycles. The topological polar surface area (TPSA) is 147 Å². The van der Waals surface area contributed by atoms with Crippen LogP contribution in [0.25, 0.3) is 11.0 Å². The Morgan fingerprint density at radius 1 is 0.854 bits per heavy atom. The van der Waals surface area contributed by atoms with Gasteiger partial charge in [-0.15, -0.1) is 0 Å². The minimum atomic E-state index is -1.24. The predicted octanol–water partition coefficient (Wildman–Crippen LogP) is 5.61. The van der Waals surface area contributed by atoms with Gasteiger partial charge < -0.3 is 29.6 Å². The first-order valence-corrected chi connectivity index (χ1v) is 15.3. The molecule has 48 heavy (non-hydrogen) atoms. The lowest BCUT2D eigenvalue weighted by molar-refractivity contribution is 0.0696. The van der Waals surface area contributed by atoms with Crippen molar-refractivity contribution in [2.45, 2.75) is 19.4 Å². The van der Waals surface area contributed by atoms with Gasteiger partial charge in [0.05, 0.1) is 36.4 Å². The highest BCUT2D eigenvalue weighted by Gasteiger charge is 2.21. The van der Waals surface area contributed by atoms with E-state index in [-0.39, 0.29) is 28.2 Å². The number of carbonyl (C=O) groups is 3. The van der Waals surface area contributed by atoms with Crippen molar-refractivity contribution in [2.75, 3.05) is 37.9 Å². The van der Waals surface area contributed by atoms with E-state index < -0.39 is 23.2 Å². The molecule has 0 spiro atoms. The maximum Gasteiger partial charge on any atom is 0.335 e. The lowest BCUT2D eigenvalue weighted by Crippen LogP contribution is -2.32. The maximum atomic E-state index is 13.4. The normalized spacial score (nSPS) is 12.6. The van der Waals surface area contributed by atoms with Crippen molar-refractivity contribution in [3.05, 3.63) is 129 Å². The maximum absolute atomic E-state index is 13.4. The molecule has 5 aromatic rings. The molecule has 1 aromatic heterocycles. The summed E-state index contributed by atoms with van der Waals surface area (Å²) >= 11 is 0. The second kappa shape index (κ2) is 13.8. The monoisotopic (exact) mass is 647 g/mol. The molecule has 2 heterocycles. The summed E-state index contributed by atoms with van der Waals surface area (Å²) < 4.78 is 16.5. The molecule has 0 atom stereocenters. The van der Waals surface area contributed by atoms with E-state index in [0.29, 0.717) is 11.1 Å². The second-order valence-electron chi connectivity index (χ2n) is 11.4. The Bertz CT molecular complexity index is 2090. The molecule has 0 saturated heterocycles. The van der Waals surface area contributed by atoms with Crippen molar-refractivity contribution < 1.29 is 33.4 Å². The van der Waals surface area contributed by atoms with Gasteiger partial charge in [0, 0.05) is 31.4 Å². The van der Waals surface area contributed by atoms with Crippen LogP contribution in [-0.4, -0.2) is 55.1 Å². The molecule has 4 aromatic carbocycles. The van der Waals surface area contributed by atoms with Gasteiger partial charge >= 0.3 is 5.97 Å². The summed E-state index contributed by atoms with van der Waals surface area (Å²) in [7, 11) is 3.28. The summed E-state index contributed by atoms with van der Waals surface area (Å²) in [6.45, 7) is 2.61. The second-order valence-corrected chi connectivity index (χ2v) is 11.4. The quantitative estimate of drug-likeness (QED) is 0.176. The third-order valence-corrected chi connectivity index (χ3v) is 8.34. The van der Waals surface area contributed by atoms with Crippen LogP contribution in [0.1, 0.15) is 48.0 Å². The van der Waals surface area contributed by atoms with Crippen LogP contribution in [0.4, 0.5) is 11.4 Å². The first-order valence-electron chi connectivity index (χ1n) is 15.3. The van der Waals surface area contributed by atoms with Crippen LogP contribution in [0.5, 0.6) is 11.5 Å². The van der Waals surface area contributed by atoms with Gasteiger partial charge in [0.2, 0.25) is 0 Å². The van der Waals surface area contributed by atoms with Crippen molar-refractivity contribution in [3.63, 3.8) is 0 Å². The number of amides is 2. The number of hydrogen-bond donors (Lipinski definition) is 3. The third kappa shape index (κ3) is 6.91. The standard InChI is InChI=1S/C37H33N3O8/c1-46-32-18-23-14-16-40(21-25(23)19-33(32)47-2)15-13-22-7-10-26(11-8-22)38-35(42)27-12-9-24(37(44)45)17-29(27)39-36(43)34-20-30(41)28-5-3-4-6-31(28)48-34/h3-12,17-20H,13-16,21H2,1-2H3,(H,38,42)(H,39,43)(H,44,45). The Kier molecular flexibility index (Phi) is 9.22. The zero-order valence-electron chi connectivity index (χ0n) is 26.4. The number of aromatic carboxylic acids is 1. The summed E-state index contributed by atoms with van der Waals surface area (Å²) in [6.07, 6.45) is 1.74. The molecule has 11 heteroatoms. The molecule has 3 N–H and O–H groups in total. The van der Waals surface area contributed by atoms with E-state index in [0.717, 1.165) is 55.6 Å². The molecule has 0 radical (unpaired) electrons. The van der Waals surface area contributed by atoms with Gasteiger partial charge in [0.15, 0.2) is 22.7 Å². The largest absolute Gasteiger partial charge is 0.493 e. The van der Waals surface area contributed by atoms with E-state index >= 15 is 0 Å². The number of nitrogens with zero attached hydrogens (tertiary/aromatic N) is 1. The molecule has 0 aliphatic carbocycles. The molecule has 6 rings (SSSR count). The molecule has 1 aliphatic heterocycles. The Morgan fingerprint density at radius 2 is 1.58 bits per heavy atom. The van der Waals surface area contributed by atoms with E-state index in [1.807, 2.05) is 18.2 Å². The summed E-state index contributed by atoms with van der Waals surface area (Å²) in [5, 5.41) is 15.2. The Hall–Kier alpha value is -5.94. The fraction of sp³-hybridized carbons (Fsp3) is 0.189. The SMILES string of the molecule is COc1cc2c(cc1OC)CN(CCc1ccc(NC(=O)c3ccc(C(=O)O)cc3NC(=O)c3cc(=O)c4ccccc4o3)cc1)CC2. The number of benzene rings is 4. The number of carboxylic acids is 1. The van der Waals surface area contributed by atoms with E-state index in [9.17, 15) is 24.3 Å². The predicted molar refractivity (Wildman–Crippen MR) is 180 cm³/mol. The highest BCUT2D eigenvalue weighted by molar-refractivity contribution is 6.13. The van der Waals surface area contributed by atoms with Gasteiger partial charge in [-0.1, -0.05) is 24.3 Å². The molecule has 0 bridgehead atoms. The molecule has 11 nitrogen and oxygen atoms in total. The minimum Gasteiger partial charge on any atom is -0.493 e. The van der Waals surface area contributed by atoms with Crippen LogP contribution >= 0.6 is 0 Å². The molecular formula is C37H33N3O8. The number of rotatable bonds is 10. The van der Waals surface area contributed by atoms with Crippen molar-refractivity contribution >= 4 is 40.1 Å². The van der Waals surface area contributed by atoms with Crippen LogP contribution in [0.2, 0.25) is 0 Å². The van der Waals surface area contributed by atoms with E-state index in [4.69, 9.17) is 13.9 Å². The zero-order valence-corrected chi connectivity index (χ0v) is 26.4.